The Morgan fingerprint density at radius 1 is 1.03 bits per heavy atom. The van der Waals surface area contributed by atoms with Gasteiger partial charge in [-0.2, -0.15) is 0 Å². The number of hydrogen-bond acceptors (Lipinski definition) is 7. The Morgan fingerprint density at radius 2 is 1.77 bits per heavy atom. The quantitative estimate of drug-likeness (QED) is 0.409. The van der Waals surface area contributed by atoms with E-state index in [9.17, 15) is 4.79 Å². The van der Waals surface area contributed by atoms with Gasteiger partial charge >= 0.3 is 5.97 Å². The molecule has 0 unspecified atom stereocenters. The molecule has 0 saturated carbocycles. The van der Waals surface area contributed by atoms with E-state index in [0.29, 0.717) is 35.3 Å². The third-order valence-corrected chi connectivity index (χ3v) is 5.22. The number of cyclic esters (lactones) is 1. The Hall–Kier alpha value is -3.58. The van der Waals surface area contributed by atoms with Crippen molar-refractivity contribution in [2.24, 2.45) is 4.99 Å². The SMILES string of the molecule is COc1cc(/C=C2/N=C(c3cccs3)OC2=O)cc(OC)c1OCc1ccccc1. The standard InChI is InChI=1S/C23H19NO5S/c1-26-18-12-16(11-17-23(25)29-22(24-17)20-9-6-10-30-20)13-19(27-2)21(18)28-14-15-7-4-3-5-8-15/h3-13H,14H2,1-2H3/b17-11+. The molecule has 4 rings (SSSR count). The predicted molar refractivity (Wildman–Crippen MR) is 115 cm³/mol. The van der Waals surface area contributed by atoms with Crippen LogP contribution >= 0.6 is 11.3 Å². The van der Waals surface area contributed by atoms with Crippen molar-refractivity contribution in [3.8, 4) is 17.2 Å². The summed E-state index contributed by atoms with van der Waals surface area (Å²) in [7, 11) is 3.11. The van der Waals surface area contributed by atoms with Crippen molar-refractivity contribution in [3.05, 3.63) is 81.7 Å². The highest BCUT2D eigenvalue weighted by atomic mass is 32.1. The number of rotatable bonds is 7. The molecule has 0 N–H and O–H groups in total. The molecule has 6 nitrogen and oxygen atoms in total. The van der Waals surface area contributed by atoms with E-state index < -0.39 is 5.97 Å². The number of carbonyl (C=O) groups is 1. The van der Waals surface area contributed by atoms with E-state index in [1.54, 1.807) is 32.4 Å². The van der Waals surface area contributed by atoms with Crippen LogP contribution in [0.1, 0.15) is 16.0 Å². The van der Waals surface area contributed by atoms with Gasteiger partial charge < -0.3 is 18.9 Å². The lowest BCUT2D eigenvalue weighted by atomic mass is 10.1. The molecular formula is C23H19NO5S. The molecule has 30 heavy (non-hydrogen) atoms. The number of esters is 1. The van der Waals surface area contributed by atoms with Crippen molar-refractivity contribution in [1.82, 2.24) is 0 Å². The molecule has 0 saturated heterocycles. The van der Waals surface area contributed by atoms with Gasteiger partial charge in [0.1, 0.15) is 6.61 Å². The van der Waals surface area contributed by atoms with Gasteiger partial charge in [-0.05, 0) is 40.8 Å². The monoisotopic (exact) mass is 421 g/mol. The third kappa shape index (κ3) is 4.21. The molecule has 1 aliphatic rings. The Kier molecular flexibility index (Phi) is 5.81. The maximum Gasteiger partial charge on any atom is 0.363 e. The van der Waals surface area contributed by atoms with E-state index in [1.807, 2.05) is 47.8 Å². The number of hydrogen-bond donors (Lipinski definition) is 0. The van der Waals surface area contributed by atoms with Crippen molar-refractivity contribution in [1.29, 1.82) is 0 Å². The summed E-state index contributed by atoms with van der Waals surface area (Å²) in [4.78, 5) is 17.3. The number of nitrogens with zero attached hydrogens (tertiary/aromatic N) is 1. The molecule has 0 amide bonds. The number of thiophene rings is 1. The Bertz CT molecular complexity index is 1080. The summed E-state index contributed by atoms with van der Waals surface area (Å²) in [5.41, 5.74) is 1.91. The average molecular weight is 421 g/mol. The summed E-state index contributed by atoms with van der Waals surface area (Å²) in [5, 5.41) is 1.90. The molecule has 1 aliphatic heterocycles. The van der Waals surface area contributed by atoms with Crippen molar-refractivity contribution in [2.45, 2.75) is 6.61 Å². The van der Waals surface area contributed by atoms with Gasteiger partial charge in [0.15, 0.2) is 17.2 Å². The van der Waals surface area contributed by atoms with Crippen LogP contribution in [0.2, 0.25) is 0 Å². The van der Waals surface area contributed by atoms with E-state index in [-0.39, 0.29) is 5.70 Å². The van der Waals surface area contributed by atoms with Crippen LogP contribution in [0.3, 0.4) is 0 Å². The fourth-order valence-electron chi connectivity index (χ4n) is 2.93. The minimum atomic E-state index is -0.499. The van der Waals surface area contributed by atoms with Crippen molar-refractivity contribution in [2.75, 3.05) is 14.2 Å². The molecule has 0 spiro atoms. The Balaban J connectivity index is 1.63. The first-order valence-electron chi connectivity index (χ1n) is 9.17. The summed E-state index contributed by atoms with van der Waals surface area (Å²) >= 11 is 1.46. The number of carbonyl (C=O) groups excluding carboxylic acids is 1. The fourth-order valence-corrected chi connectivity index (χ4v) is 3.58. The molecule has 1 aromatic heterocycles. The van der Waals surface area contributed by atoms with Gasteiger partial charge in [-0.15, -0.1) is 11.3 Å². The summed E-state index contributed by atoms with van der Waals surface area (Å²) in [6.07, 6.45) is 1.63. The topological polar surface area (TPSA) is 66.4 Å². The highest BCUT2D eigenvalue weighted by Gasteiger charge is 2.25. The first-order valence-corrected chi connectivity index (χ1v) is 10.0. The van der Waals surface area contributed by atoms with Gasteiger partial charge in [0, 0.05) is 0 Å². The number of aliphatic imine (C=N–C) groups is 1. The Morgan fingerprint density at radius 3 is 2.40 bits per heavy atom. The molecular weight excluding hydrogens is 402 g/mol. The lowest BCUT2D eigenvalue weighted by Crippen LogP contribution is -2.03. The first kappa shape index (κ1) is 19.7. The van der Waals surface area contributed by atoms with Crippen LogP contribution in [0.4, 0.5) is 0 Å². The van der Waals surface area contributed by atoms with Crippen molar-refractivity contribution < 1.29 is 23.7 Å². The summed E-state index contributed by atoms with van der Waals surface area (Å²) in [6.45, 7) is 0.370. The normalized spacial score (nSPS) is 14.4. The van der Waals surface area contributed by atoms with Gasteiger partial charge in [0.05, 0.1) is 19.1 Å². The minimum Gasteiger partial charge on any atom is -0.493 e. The van der Waals surface area contributed by atoms with Crippen LogP contribution < -0.4 is 14.2 Å². The molecule has 2 heterocycles. The second-order valence-corrected chi connectivity index (χ2v) is 7.29. The average Bonchev–Trinajstić information content (AvgIpc) is 3.43. The van der Waals surface area contributed by atoms with E-state index in [2.05, 4.69) is 4.99 Å². The molecule has 2 aromatic carbocycles. The number of benzene rings is 2. The van der Waals surface area contributed by atoms with Crippen molar-refractivity contribution in [3.63, 3.8) is 0 Å². The highest BCUT2D eigenvalue weighted by molar-refractivity contribution is 7.12. The summed E-state index contributed by atoms with van der Waals surface area (Å²) in [6, 6.07) is 17.1. The van der Waals surface area contributed by atoms with E-state index in [0.717, 1.165) is 10.4 Å². The molecule has 0 radical (unpaired) electrons. The maximum absolute atomic E-state index is 12.2. The lowest BCUT2D eigenvalue weighted by molar-refractivity contribution is -0.129. The largest absolute Gasteiger partial charge is 0.493 e. The zero-order valence-corrected chi connectivity index (χ0v) is 17.3. The maximum atomic E-state index is 12.2. The number of methoxy groups -OCH3 is 2. The van der Waals surface area contributed by atoms with E-state index >= 15 is 0 Å². The van der Waals surface area contributed by atoms with E-state index in [1.165, 1.54) is 11.3 Å². The predicted octanol–water partition coefficient (Wildman–Crippen LogP) is 4.69. The van der Waals surface area contributed by atoms with E-state index in [4.69, 9.17) is 18.9 Å². The molecule has 0 fully saturated rings. The zero-order chi connectivity index (χ0) is 20.9. The van der Waals surface area contributed by atoms with Crippen LogP contribution in [0, 0.1) is 0 Å². The highest BCUT2D eigenvalue weighted by Crippen LogP contribution is 2.40. The molecule has 0 atom stereocenters. The molecule has 7 heteroatoms. The summed E-state index contributed by atoms with van der Waals surface area (Å²) < 4.78 is 22.2. The van der Waals surface area contributed by atoms with Gasteiger partial charge in [0.25, 0.3) is 0 Å². The van der Waals surface area contributed by atoms with Crippen LogP contribution in [0.25, 0.3) is 6.08 Å². The summed E-state index contributed by atoms with van der Waals surface area (Å²) in [5.74, 6) is 1.28. The number of ether oxygens (including phenoxy) is 4. The van der Waals surface area contributed by atoms with Gasteiger partial charge in [-0.1, -0.05) is 36.4 Å². The fraction of sp³-hybridized carbons (Fsp3) is 0.130. The second-order valence-electron chi connectivity index (χ2n) is 6.34. The van der Waals surface area contributed by atoms with Crippen molar-refractivity contribution >= 4 is 29.3 Å². The lowest BCUT2D eigenvalue weighted by Gasteiger charge is -2.15. The van der Waals surface area contributed by atoms with Crippen LogP contribution in [-0.2, 0) is 16.1 Å². The second kappa shape index (κ2) is 8.84. The minimum absolute atomic E-state index is 0.209. The Labute approximate surface area is 178 Å². The third-order valence-electron chi connectivity index (χ3n) is 4.36. The van der Waals surface area contributed by atoms with Crippen LogP contribution in [0.5, 0.6) is 17.2 Å². The first-order chi connectivity index (χ1) is 14.7. The molecule has 3 aromatic rings. The molecule has 0 bridgehead atoms. The van der Waals surface area contributed by atoms with Gasteiger partial charge in [0.2, 0.25) is 11.6 Å². The van der Waals surface area contributed by atoms with Gasteiger partial charge in [-0.25, -0.2) is 9.79 Å². The molecule has 152 valence electrons. The smallest absolute Gasteiger partial charge is 0.363 e. The van der Waals surface area contributed by atoms with Crippen LogP contribution in [-0.4, -0.2) is 26.1 Å². The molecule has 0 aliphatic carbocycles. The van der Waals surface area contributed by atoms with Crippen LogP contribution in [0.15, 0.2) is 70.7 Å². The zero-order valence-electron chi connectivity index (χ0n) is 16.5. The van der Waals surface area contributed by atoms with Gasteiger partial charge in [-0.3, -0.25) is 0 Å².